The first kappa shape index (κ1) is 8.42. The number of hydrogen-bond donors (Lipinski definition) is 2. The molecule has 2 aromatic rings. The van der Waals surface area contributed by atoms with Crippen molar-refractivity contribution in [1.29, 1.82) is 5.26 Å². The maximum Gasteiger partial charge on any atom is 0.124 e. The van der Waals surface area contributed by atoms with Gasteiger partial charge in [-0.05, 0) is 18.2 Å². The molecule has 0 saturated heterocycles. The van der Waals surface area contributed by atoms with Crippen molar-refractivity contribution in [3.8, 4) is 11.8 Å². The Morgan fingerprint density at radius 2 is 2.23 bits per heavy atom. The van der Waals surface area contributed by atoms with Gasteiger partial charge in [0, 0.05) is 5.39 Å². The molecule has 0 aliphatic rings. The van der Waals surface area contributed by atoms with Crippen LogP contribution in [0, 0.1) is 11.3 Å². The third-order valence-electron chi connectivity index (χ3n) is 1.77. The molecule has 0 fully saturated rings. The van der Waals surface area contributed by atoms with E-state index in [-0.39, 0.29) is 5.75 Å². The van der Waals surface area contributed by atoms with Crippen molar-refractivity contribution in [1.82, 2.24) is 0 Å². The van der Waals surface area contributed by atoms with Crippen molar-refractivity contribution in [2.45, 2.75) is 4.21 Å². The summed E-state index contributed by atoms with van der Waals surface area (Å²) in [6.45, 7) is 0. The standard InChI is InChI=1S/C9H5NOS2/c10-4-5-1-2-7(11)6-3-8(12)13-9(5)6/h1-3,11-12H. The predicted octanol–water partition coefficient (Wildman–Crippen LogP) is 2.77. The van der Waals surface area contributed by atoms with E-state index in [0.29, 0.717) is 10.9 Å². The predicted molar refractivity (Wildman–Crippen MR) is 55.5 cm³/mol. The van der Waals surface area contributed by atoms with Crippen LogP contribution < -0.4 is 0 Å². The number of aromatic hydroxyl groups is 1. The first-order valence-corrected chi connectivity index (χ1v) is 4.83. The van der Waals surface area contributed by atoms with Crippen LogP contribution in [-0.2, 0) is 0 Å². The number of nitriles is 1. The number of benzene rings is 1. The monoisotopic (exact) mass is 207 g/mol. The highest BCUT2D eigenvalue weighted by Crippen LogP contribution is 2.35. The second kappa shape index (κ2) is 2.95. The molecular weight excluding hydrogens is 202 g/mol. The molecule has 4 heteroatoms. The number of phenols is 1. The average Bonchev–Trinajstić information content (AvgIpc) is 2.48. The number of nitrogens with zero attached hydrogens (tertiary/aromatic N) is 1. The summed E-state index contributed by atoms with van der Waals surface area (Å²) in [4.78, 5) is 0. The largest absolute Gasteiger partial charge is 0.507 e. The highest BCUT2D eigenvalue weighted by atomic mass is 32.2. The number of thiophene rings is 1. The minimum absolute atomic E-state index is 0.200. The van der Waals surface area contributed by atoms with Gasteiger partial charge in [-0.25, -0.2) is 0 Å². The first-order chi connectivity index (χ1) is 6.22. The molecule has 0 spiro atoms. The molecule has 0 bridgehead atoms. The Morgan fingerprint density at radius 1 is 1.46 bits per heavy atom. The van der Waals surface area contributed by atoms with E-state index < -0.39 is 0 Å². The second-order valence-corrected chi connectivity index (χ2v) is 4.41. The molecule has 1 aromatic carbocycles. The lowest BCUT2D eigenvalue weighted by molar-refractivity contribution is 0.481. The summed E-state index contributed by atoms with van der Waals surface area (Å²) in [7, 11) is 0. The molecule has 0 aliphatic carbocycles. The Bertz CT molecular complexity index is 510. The maximum atomic E-state index is 9.47. The Hall–Kier alpha value is -1.18. The number of hydrogen-bond acceptors (Lipinski definition) is 4. The Balaban J connectivity index is 2.94. The van der Waals surface area contributed by atoms with Crippen LogP contribution >= 0.6 is 24.0 Å². The SMILES string of the molecule is N#Cc1ccc(O)c2cc(S)sc12. The van der Waals surface area contributed by atoms with E-state index in [4.69, 9.17) is 5.26 Å². The molecule has 0 atom stereocenters. The molecule has 0 unspecified atom stereocenters. The van der Waals surface area contributed by atoms with Crippen molar-refractivity contribution in [2.75, 3.05) is 0 Å². The van der Waals surface area contributed by atoms with E-state index in [1.807, 2.05) is 0 Å². The van der Waals surface area contributed by atoms with Gasteiger partial charge in [0.1, 0.15) is 11.8 Å². The molecule has 1 N–H and O–H groups in total. The first-order valence-electron chi connectivity index (χ1n) is 3.57. The summed E-state index contributed by atoms with van der Waals surface area (Å²) < 4.78 is 1.60. The van der Waals surface area contributed by atoms with Crippen molar-refractivity contribution >= 4 is 34.1 Å². The summed E-state index contributed by atoms with van der Waals surface area (Å²) >= 11 is 5.57. The van der Waals surface area contributed by atoms with Crippen LogP contribution in [0.5, 0.6) is 5.75 Å². The molecule has 0 aliphatic heterocycles. The molecule has 13 heavy (non-hydrogen) atoms. The number of rotatable bonds is 0. The average molecular weight is 207 g/mol. The summed E-state index contributed by atoms with van der Waals surface area (Å²) in [5, 5.41) is 19.0. The van der Waals surface area contributed by atoms with Crippen LogP contribution in [0.4, 0.5) is 0 Å². The third-order valence-corrected chi connectivity index (χ3v) is 3.14. The zero-order valence-electron chi connectivity index (χ0n) is 6.48. The molecule has 0 saturated carbocycles. The van der Waals surface area contributed by atoms with Crippen molar-refractivity contribution in [2.24, 2.45) is 0 Å². The summed E-state index contributed by atoms with van der Waals surface area (Å²) in [6, 6.07) is 6.98. The van der Waals surface area contributed by atoms with Crippen LogP contribution in [0.25, 0.3) is 10.1 Å². The van der Waals surface area contributed by atoms with Gasteiger partial charge in [-0.3, -0.25) is 0 Å². The van der Waals surface area contributed by atoms with Gasteiger partial charge in [0.25, 0.3) is 0 Å². The third kappa shape index (κ3) is 1.26. The molecular formula is C9H5NOS2. The molecule has 2 nitrogen and oxygen atoms in total. The normalized spacial score (nSPS) is 10.2. The fraction of sp³-hybridized carbons (Fsp3) is 0. The molecule has 2 rings (SSSR count). The Morgan fingerprint density at radius 3 is 2.92 bits per heavy atom. The van der Waals surface area contributed by atoms with E-state index >= 15 is 0 Å². The van der Waals surface area contributed by atoms with Crippen LogP contribution in [0.15, 0.2) is 22.4 Å². The maximum absolute atomic E-state index is 9.47. The highest BCUT2D eigenvalue weighted by Gasteiger charge is 2.07. The van der Waals surface area contributed by atoms with Crippen molar-refractivity contribution in [3.05, 3.63) is 23.8 Å². The van der Waals surface area contributed by atoms with Gasteiger partial charge < -0.3 is 5.11 Å². The number of phenolic OH excluding ortho intramolecular Hbond substituents is 1. The van der Waals surface area contributed by atoms with Gasteiger partial charge in [0.15, 0.2) is 0 Å². The zero-order valence-corrected chi connectivity index (χ0v) is 8.19. The van der Waals surface area contributed by atoms with Gasteiger partial charge in [-0.2, -0.15) is 5.26 Å². The lowest BCUT2D eigenvalue weighted by Crippen LogP contribution is -1.73. The quantitative estimate of drug-likeness (QED) is 0.652. The Kier molecular flexibility index (Phi) is 1.91. The second-order valence-electron chi connectivity index (χ2n) is 2.57. The van der Waals surface area contributed by atoms with Gasteiger partial charge in [0.2, 0.25) is 0 Å². The van der Waals surface area contributed by atoms with Gasteiger partial charge in [0.05, 0.1) is 14.5 Å². The Labute approximate surface area is 84.5 Å². The molecule has 0 amide bonds. The van der Waals surface area contributed by atoms with Crippen molar-refractivity contribution < 1.29 is 5.11 Å². The smallest absolute Gasteiger partial charge is 0.124 e. The number of thiol groups is 1. The fourth-order valence-corrected chi connectivity index (χ4v) is 2.47. The van der Waals surface area contributed by atoms with Crippen LogP contribution in [0.3, 0.4) is 0 Å². The van der Waals surface area contributed by atoms with E-state index in [2.05, 4.69) is 18.7 Å². The highest BCUT2D eigenvalue weighted by molar-refractivity contribution is 7.83. The molecule has 0 radical (unpaired) electrons. The summed E-state index contributed by atoms with van der Waals surface area (Å²) in [5.41, 5.74) is 0.582. The van der Waals surface area contributed by atoms with Crippen LogP contribution in [0.1, 0.15) is 5.56 Å². The minimum Gasteiger partial charge on any atom is -0.507 e. The number of fused-ring (bicyclic) bond motifs is 1. The van der Waals surface area contributed by atoms with E-state index in [1.165, 1.54) is 17.4 Å². The van der Waals surface area contributed by atoms with Crippen LogP contribution in [0.2, 0.25) is 0 Å². The molecule has 1 heterocycles. The van der Waals surface area contributed by atoms with Crippen LogP contribution in [-0.4, -0.2) is 5.11 Å². The zero-order chi connectivity index (χ0) is 9.42. The molecule has 64 valence electrons. The van der Waals surface area contributed by atoms with E-state index in [0.717, 1.165) is 8.91 Å². The summed E-state index contributed by atoms with van der Waals surface area (Å²) in [6.07, 6.45) is 0. The molecule has 1 aromatic heterocycles. The van der Waals surface area contributed by atoms with Gasteiger partial charge >= 0.3 is 0 Å². The lowest BCUT2D eigenvalue weighted by Gasteiger charge is -1.94. The minimum atomic E-state index is 0.200. The van der Waals surface area contributed by atoms with E-state index in [1.54, 1.807) is 12.1 Å². The van der Waals surface area contributed by atoms with Crippen molar-refractivity contribution in [3.63, 3.8) is 0 Å². The lowest BCUT2D eigenvalue weighted by atomic mass is 10.2. The van der Waals surface area contributed by atoms with E-state index in [9.17, 15) is 5.11 Å². The van der Waals surface area contributed by atoms with Gasteiger partial charge in [-0.1, -0.05) is 0 Å². The fourth-order valence-electron chi connectivity index (χ4n) is 1.18. The van der Waals surface area contributed by atoms with Gasteiger partial charge in [-0.15, -0.1) is 24.0 Å². The summed E-state index contributed by atoms with van der Waals surface area (Å²) in [5.74, 6) is 0.200. The topological polar surface area (TPSA) is 44.0 Å².